The lowest BCUT2D eigenvalue weighted by atomic mass is 9.93. The molecule has 0 unspecified atom stereocenters. The van der Waals surface area contributed by atoms with Crippen molar-refractivity contribution in [2.75, 3.05) is 32.7 Å². The average Bonchev–Trinajstić information content (AvgIpc) is 3.45. The molecule has 3 heterocycles. The molecule has 3 N–H and O–H groups in total. The summed E-state index contributed by atoms with van der Waals surface area (Å²) in [6, 6.07) is 8.96. The van der Waals surface area contributed by atoms with Crippen LogP contribution in [0.4, 0.5) is 13.2 Å². The normalized spacial score (nSPS) is 18.0. The van der Waals surface area contributed by atoms with Crippen molar-refractivity contribution < 1.29 is 22.8 Å². The largest absolute Gasteiger partial charge is 0.416 e. The van der Waals surface area contributed by atoms with Crippen LogP contribution in [0.1, 0.15) is 23.1 Å². The molecular formula is C26H24ClF3N6O2S. The molecule has 1 fully saturated rings. The Morgan fingerprint density at radius 1 is 1.13 bits per heavy atom. The lowest BCUT2D eigenvalue weighted by Gasteiger charge is -2.22. The van der Waals surface area contributed by atoms with E-state index in [-0.39, 0.29) is 34.4 Å². The Kier molecular flexibility index (Phi) is 7.70. The molecule has 2 aliphatic rings. The fraction of sp³-hybridized carbons (Fsp3) is 0.308. The van der Waals surface area contributed by atoms with Gasteiger partial charge in [0.2, 0.25) is 5.91 Å². The van der Waals surface area contributed by atoms with Crippen molar-refractivity contribution in [1.29, 1.82) is 0 Å². The zero-order valence-corrected chi connectivity index (χ0v) is 22.2. The van der Waals surface area contributed by atoms with Gasteiger partial charge >= 0.3 is 6.18 Å². The summed E-state index contributed by atoms with van der Waals surface area (Å²) >= 11 is 7.04. The number of hydrogen-bond acceptors (Lipinski definition) is 6. The Hall–Kier alpha value is -3.35. The number of nitrogens with one attached hydrogen (secondary N) is 1. The molecule has 0 atom stereocenters. The summed E-state index contributed by atoms with van der Waals surface area (Å²) in [5.74, 6) is -0.658. The molecule has 13 heteroatoms. The number of H-pyrrole nitrogens is 1. The third kappa shape index (κ3) is 5.82. The van der Waals surface area contributed by atoms with Gasteiger partial charge in [0.25, 0.3) is 5.91 Å². The van der Waals surface area contributed by atoms with Crippen LogP contribution in [0.15, 0.2) is 52.5 Å². The maximum absolute atomic E-state index is 13.9. The highest BCUT2D eigenvalue weighted by Gasteiger charge is 2.35. The number of hydrogen-bond donors (Lipinski definition) is 2. The molecule has 0 saturated carbocycles. The van der Waals surface area contributed by atoms with Gasteiger partial charge in [-0.2, -0.15) is 23.3 Å². The molecule has 2 amide bonds. The number of aromatic nitrogens is 2. The SMILES string of the molecule is NCC(=O)N1CCCN(C2=NC(=O)C(=C(Cc3ccc(Cl)cc3C(F)(F)F)c3ccc4[nH]ncc4c3)S2)CC1. The first-order valence-corrected chi connectivity index (χ1v) is 13.4. The topological polar surface area (TPSA) is 108 Å². The Bertz CT molecular complexity index is 1500. The van der Waals surface area contributed by atoms with Gasteiger partial charge in [-0.3, -0.25) is 14.7 Å². The summed E-state index contributed by atoms with van der Waals surface area (Å²) in [6.45, 7) is 1.95. The van der Waals surface area contributed by atoms with Crippen LogP contribution in [0, 0.1) is 0 Å². The number of benzene rings is 2. The predicted octanol–water partition coefficient (Wildman–Crippen LogP) is 4.31. The molecule has 5 rings (SSSR count). The minimum absolute atomic E-state index is 0.00532. The van der Waals surface area contributed by atoms with Crippen LogP contribution >= 0.6 is 23.4 Å². The summed E-state index contributed by atoms with van der Waals surface area (Å²) < 4.78 is 41.8. The standard InChI is InChI=1S/C26H24ClF3N6O2S/c27-18-4-2-16(20(12-18)26(28,29)30)11-19(15-3-5-21-17(10-15)14-32-34-21)23-24(38)33-25(39-23)36-7-1-6-35(8-9-36)22(37)13-31/h2-5,10,12,14H,1,6-9,11,13,31H2,(H,32,34). The van der Waals surface area contributed by atoms with Gasteiger partial charge in [0, 0.05) is 36.6 Å². The van der Waals surface area contributed by atoms with E-state index in [1.807, 2.05) is 4.90 Å². The number of aromatic amines is 1. The molecule has 204 valence electrons. The molecule has 1 saturated heterocycles. The Labute approximate surface area is 231 Å². The van der Waals surface area contributed by atoms with Crippen LogP contribution in [0.5, 0.6) is 0 Å². The van der Waals surface area contributed by atoms with Crippen molar-refractivity contribution in [3.8, 4) is 0 Å². The molecule has 1 aromatic heterocycles. The highest BCUT2D eigenvalue weighted by molar-refractivity contribution is 8.18. The van der Waals surface area contributed by atoms with Gasteiger partial charge in [-0.25, -0.2) is 0 Å². The molecule has 0 spiro atoms. The highest BCUT2D eigenvalue weighted by atomic mass is 35.5. The molecule has 2 aliphatic heterocycles. The van der Waals surface area contributed by atoms with Gasteiger partial charge in [0.15, 0.2) is 5.17 Å². The van der Waals surface area contributed by atoms with E-state index in [4.69, 9.17) is 17.3 Å². The third-order valence-electron chi connectivity index (χ3n) is 6.69. The zero-order valence-electron chi connectivity index (χ0n) is 20.6. The molecule has 39 heavy (non-hydrogen) atoms. The number of aliphatic imine (C=N–C) groups is 1. The van der Waals surface area contributed by atoms with E-state index < -0.39 is 17.6 Å². The fourth-order valence-electron chi connectivity index (χ4n) is 4.71. The van der Waals surface area contributed by atoms with Crippen LogP contribution in [0.25, 0.3) is 16.5 Å². The van der Waals surface area contributed by atoms with Crippen LogP contribution in [0.3, 0.4) is 0 Å². The highest BCUT2D eigenvalue weighted by Crippen LogP contribution is 2.40. The number of amides is 2. The lowest BCUT2D eigenvalue weighted by molar-refractivity contribution is -0.138. The molecule has 0 bridgehead atoms. The van der Waals surface area contributed by atoms with Crippen molar-refractivity contribution in [3.05, 3.63) is 69.2 Å². The molecule has 8 nitrogen and oxygen atoms in total. The number of carbonyl (C=O) groups excluding carboxylic acids is 2. The number of alkyl halides is 3. The fourth-order valence-corrected chi connectivity index (χ4v) is 5.95. The minimum Gasteiger partial charge on any atom is -0.349 e. The lowest BCUT2D eigenvalue weighted by Crippen LogP contribution is -2.39. The van der Waals surface area contributed by atoms with Crippen molar-refractivity contribution in [2.24, 2.45) is 10.7 Å². The van der Waals surface area contributed by atoms with E-state index in [9.17, 15) is 22.8 Å². The quantitative estimate of drug-likeness (QED) is 0.448. The Morgan fingerprint density at radius 2 is 1.95 bits per heavy atom. The van der Waals surface area contributed by atoms with Crippen LogP contribution in [-0.4, -0.2) is 69.7 Å². The summed E-state index contributed by atoms with van der Waals surface area (Å²) in [5, 5.41) is 8.07. The first kappa shape index (κ1) is 27.2. The molecular weight excluding hydrogens is 553 g/mol. The second kappa shape index (κ2) is 11.0. The third-order valence-corrected chi connectivity index (χ3v) is 8.08. The van der Waals surface area contributed by atoms with Crippen molar-refractivity contribution in [1.82, 2.24) is 20.0 Å². The zero-order chi connectivity index (χ0) is 27.7. The summed E-state index contributed by atoms with van der Waals surface area (Å²) in [7, 11) is 0. The molecule has 2 aromatic carbocycles. The van der Waals surface area contributed by atoms with Crippen LogP contribution in [-0.2, 0) is 22.2 Å². The predicted molar refractivity (Wildman–Crippen MR) is 145 cm³/mol. The van der Waals surface area contributed by atoms with Crippen molar-refractivity contribution in [3.63, 3.8) is 0 Å². The number of carbonyl (C=O) groups is 2. The van der Waals surface area contributed by atoms with Gasteiger partial charge in [-0.15, -0.1) is 0 Å². The smallest absolute Gasteiger partial charge is 0.349 e. The van der Waals surface area contributed by atoms with Crippen molar-refractivity contribution in [2.45, 2.75) is 19.0 Å². The van der Waals surface area contributed by atoms with Gasteiger partial charge in [0.05, 0.1) is 28.7 Å². The number of nitrogens with two attached hydrogens (primary N) is 1. The van der Waals surface area contributed by atoms with E-state index >= 15 is 0 Å². The number of amidine groups is 1. The van der Waals surface area contributed by atoms with Gasteiger partial charge in [-0.05, 0) is 65.6 Å². The van der Waals surface area contributed by atoms with E-state index in [2.05, 4.69) is 15.2 Å². The molecule has 3 aromatic rings. The second-order valence-electron chi connectivity index (χ2n) is 9.18. The van der Waals surface area contributed by atoms with Gasteiger partial charge in [-0.1, -0.05) is 23.7 Å². The average molecular weight is 577 g/mol. The minimum atomic E-state index is -4.63. The number of halogens is 4. The summed E-state index contributed by atoms with van der Waals surface area (Å²) in [4.78, 5) is 33.4. The van der Waals surface area contributed by atoms with Gasteiger partial charge in [0.1, 0.15) is 0 Å². The Morgan fingerprint density at radius 3 is 2.72 bits per heavy atom. The monoisotopic (exact) mass is 576 g/mol. The van der Waals surface area contributed by atoms with E-state index in [0.717, 1.165) is 28.7 Å². The first-order chi connectivity index (χ1) is 18.6. The van der Waals surface area contributed by atoms with Crippen LogP contribution in [0.2, 0.25) is 5.02 Å². The van der Waals surface area contributed by atoms with E-state index in [1.165, 1.54) is 12.1 Å². The number of allylic oxidation sites excluding steroid dienone is 1. The second-order valence-corrected chi connectivity index (χ2v) is 10.6. The molecule has 0 radical (unpaired) electrons. The van der Waals surface area contributed by atoms with Gasteiger partial charge < -0.3 is 15.5 Å². The van der Waals surface area contributed by atoms with E-state index in [1.54, 1.807) is 29.3 Å². The summed E-state index contributed by atoms with van der Waals surface area (Å²) in [5.41, 5.74) is 6.42. The Balaban J connectivity index is 1.52. The van der Waals surface area contributed by atoms with Crippen LogP contribution < -0.4 is 5.73 Å². The maximum Gasteiger partial charge on any atom is 0.416 e. The first-order valence-electron chi connectivity index (χ1n) is 12.2. The number of nitrogens with zero attached hydrogens (tertiary/aromatic N) is 4. The summed E-state index contributed by atoms with van der Waals surface area (Å²) in [6.07, 6.45) is -2.51. The molecule has 0 aliphatic carbocycles. The van der Waals surface area contributed by atoms with E-state index in [0.29, 0.717) is 48.9 Å². The van der Waals surface area contributed by atoms with Crippen molar-refractivity contribution >= 4 is 56.8 Å². The maximum atomic E-state index is 13.9. The number of fused-ring (bicyclic) bond motifs is 1. The number of rotatable bonds is 4. The number of thioether (sulfide) groups is 1.